The third-order valence-corrected chi connectivity index (χ3v) is 4.83. The molecule has 0 aliphatic heterocycles. The highest BCUT2D eigenvalue weighted by atomic mass is 16.5. The maximum absolute atomic E-state index is 13.1. The van der Waals surface area contributed by atoms with Crippen LogP contribution in [0.15, 0.2) is 53.3 Å². The van der Waals surface area contributed by atoms with Gasteiger partial charge in [-0.25, -0.2) is 0 Å². The van der Waals surface area contributed by atoms with Gasteiger partial charge in [-0.3, -0.25) is 13.8 Å². The predicted octanol–water partition coefficient (Wildman–Crippen LogP) is 3.53. The van der Waals surface area contributed by atoms with Crippen LogP contribution in [0.5, 0.6) is 5.75 Å². The van der Waals surface area contributed by atoms with Crippen molar-refractivity contribution in [2.75, 3.05) is 13.7 Å². The molecule has 0 saturated carbocycles. The summed E-state index contributed by atoms with van der Waals surface area (Å²) in [6, 6.07) is 15.2. The van der Waals surface area contributed by atoms with E-state index in [2.05, 4.69) is 10.2 Å². The second-order valence-corrected chi connectivity index (χ2v) is 7.13. The first-order chi connectivity index (χ1) is 14.1. The molecule has 0 spiro atoms. The molecular formula is C22H24N4O3. The van der Waals surface area contributed by atoms with Crippen LogP contribution in [0.2, 0.25) is 0 Å². The SMILES string of the molecule is COc1ccc(-c2nnc3n(CCCOC(C)C)c(=O)c4ccccc4n23)cc1. The van der Waals surface area contributed by atoms with Gasteiger partial charge in [0, 0.05) is 18.7 Å². The van der Waals surface area contributed by atoms with Crippen LogP contribution in [0, 0.1) is 0 Å². The van der Waals surface area contributed by atoms with Crippen molar-refractivity contribution in [2.45, 2.75) is 32.9 Å². The summed E-state index contributed by atoms with van der Waals surface area (Å²) >= 11 is 0. The molecule has 150 valence electrons. The third kappa shape index (κ3) is 3.61. The highest BCUT2D eigenvalue weighted by Gasteiger charge is 2.17. The average Bonchev–Trinajstić information content (AvgIpc) is 3.18. The zero-order valence-electron chi connectivity index (χ0n) is 16.8. The molecule has 2 aromatic heterocycles. The normalized spacial score (nSPS) is 11.6. The minimum atomic E-state index is -0.0636. The van der Waals surface area contributed by atoms with Gasteiger partial charge in [0.15, 0.2) is 5.82 Å². The molecular weight excluding hydrogens is 368 g/mol. The minimum Gasteiger partial charge on any atom is -0.497 e. The molecule has 0 aliphatic rings. The van der Waals surface area contributed by atoms with Crippen molar-refractivity contribution in [3.8, 4) is 17.1 Å². The highest BCUT2D eigenvalue weighted by molar-refractivity contribution is 5.82. The molecule has 2 heterocycles. The van der Waals surface area contributed by atoms with Crippen molar-refractivity contribution < 1.29 is 9.47 Å². The zero-order chi connectivity index (χ0) is 20.4. The molecule has 0 saturated heterocycles. The lowest BCUT2D eigenvalue weighted by Crippen LogP contribution is -2.24. The quantitative estimate of drug-likeness (QED) is 0.450. The molecule has 4 aromatic rings. The Morgan fingerprint density at radius 2 is 1.79 bits per heavy atom. The maximum atomic E-state index is 13.1. The Hall–Kier alpha value is -3.19. The number of ether oxygens (including phenoxy) is 2. The van der Waals surface area contributed by atoms with E-state index in [1.165, 1.54) is 0 Å². The van der Waals surface area contributed by atoms with Gasteiger partial charge >= 0.3 is 0 Å². The van der Waals surface area contributed by atoms with Crippen LogP contribution in [0.25, 0.3) is 28.1 Å². The highest BCUT2D eigenvalue weighted by Crippen LogP contribution is 2.24. The average molecular weight is 392 g/mol. The standard InChI is InChI=1S/C22H24N4O3/c1-15(2)29-14-6-13-25-21(27)18-7-4-5-8-19(18)26-20(23-24-22(25)26)16-9-11-17(28-3)12-10-16/h4-5,7-12,15H,6,13-14H2,1-3H3. The van der Waals surface area contributed by atoms with Crippen LogP contribution in [-0.4, -0.2) is 39.0 Å². The van der Waals surface area contributed by atoms with E-state index in [4.69, 9.17) is 9.47 Å². The van der Waals surface area contributed by atoms with E-state index < -0.39 is 0 Å². The van der Waals surface area contributed by atoms with Gasteiger partial charge in [-0.2, -0.15) is 0 Å². The topological polar surface area (TPSA) is 70.7 Å². The lowest BCUT2D eigenvalue weighted by Gasteiger charge is -2.12. The summed E-state index contributed by atoms with van der Waals surface area (Å²) in [5, 5.41) is 9.42. The summed E-state index contributed by atoms with van der Waals surface area (Å²) in [7, 11) is 1.64. The Bertz CT molecular complexity index is 1190. The van der Waals surface area contributed by atoms with Gasteiger partial charge < -0.3 is 9.47 Å². The lowest BCUT2D eigenvalue weighted by atomic mass is 10.2. The van der Waals surface area contributed by atoms with Crippen molar-refractivity contribution in [3.63, 3.8) is 0 Å². The first-order valence-electron chi connectivity index (χ1n) is 9.73. The molecule has 0 N–H and O–H groups in total. The summed E-state index contributed by atoms with van der Waals surface area (Å²) in [5.74, 6) is 1.99. The Labute approximate surface area is 168 Å². The summed E-state index contributed by atoms with van der Waals surface area (Å²) in [6.45, 7) is 5.10. The van der Waals surface area contributed by atoms with Crippen LogP contribution < -0.4 is 10.3 Å². The molecule has 7 heteroatoms. The summed E-state index contributed by atoms with van der Waals surface area (Å²) in [4.78, 5) is 13.1. The summed E-state index contributed by atoms with van der Waals surface area (Å²) < 4.78 is 14.5. The molecule has 0 atom stereocenters. The molecule has 0 radical (unpaired) electrons. The molecule has 0 unspecified atom stereocenters. The number of hydrogen-bond acceptors (Lipinski definition) is 5. The number of nitrogens with zero attached hydrogens (tertiary/aromatic N) is 4. The molecule has 0 aliphatic carbocycles. The van der Waals surface area contributed by atoms with E-state index in [0.29, 0.717) is 30.1 Å². The Morgan fingerprint density at radius 1 is 1.03 bits per heavy atom. The van der Waals surface area contributed by atoms with Gasteiger partial charge in [-0.05, 0) is 56.7 Å². The van der Waals surface area contributed by atoms with Crippen molar-refractivity contribution >= 4 is 16.7 Å². The molecule has 2 aromatic carbocycles. The Balaban J connectivity index is 1.86. The van der Waals surface area contributed by atoms with Gasteiger partial charge in [-0.15, -0.1) is 10.2 Å². The smallest absolute Gasteiger partial charge is 0.262 e. The predicted molar refractivity (Wildman–Crippen MR) is 112 cm³/mol. The maximum Gasteiger partial charge on any atom is 0.262 e. The first-order valence-corrected chi connectivity index (χ1v) is 9.73. The number of para-hydroxylation sites is 1. The van der Waals surface area contributed by atoms with E-state index in [1.54, 1.807) is 11.7 Å². The van der Waals surface area contributed by atoms with E-state index in [0.717, 1.165) is 23.3 Å². The second-order valence-electron chi connectivity index (χ2n) is 7.13. The monoisotopic (exact) mass is 392 g/mol. The Morgan fingerprint density at radius 3 is 2.52 bits per heavy atom. The van der Waals surface area contributed by atoms with Gasteiger partial charge in [0.2, 0.25) is 5.78 Å². The number of benzene rings is 2. The van der Waals surface area contributed by atoms with Crippen LogP contribution >= 0.6 is 0 Å². The molecule has 7 nitrogen and oxygen atoms in total. The molecule has 4 rings (SSSR count). The van der Waals surface area contributed by atoms with Gasteiger partial charge in [0.1, 0.15) is 5.75 Å². The Kier molecular flexibility index (Phi) is 5.31. The number of methoxy groups -OCH3 is 1. The number of rotatable bonds is 7. The summed E-state index contributed by atoms with van der Waals surface area (Å²) in [6.07, 6.45) is 0.884. The fraction of sp³-hybridized carbons (Fsp3) is 0.318. The van der Waals surface area contributed by atoms with Gasteiger partial charge in [0.25, 0.3) is 5.56 Å². The molecule has 0 bridgehead atoms. The number of aromatic nitrogens is 4. The van der Waals surface area contributed by atoms with Crippen molar-refractivity contribution in [2.24, 2.45) is 0 Å². The van der Waals surface area contributed by atoms with Crippen LogP contribution in [-0.2, 0) is 11.3 Å². The second kappa shape index (κ2) is 8.05. The first kappa shape index (κ1) is 19.1. The molecule has 29 heavy (non-hydrogen) atoms. The van der Waals surface area contributed by atoms with E-state index in [1.807, 2.05) is 66.8 Å². The van der Waals surface area contributed by atoms with Crippen LogP contribution in [0.1, 0.15) is 20.3 Å². The number of aryl methyl sites for hydroxylation is 1. The number of fused-ring (bicyclic) bond motifs is 3. The fourth-order valence-electron chi connectivity index (χ4n) is 3.43. The molecule has 0 amide bonds. The largest absolute Gasteiger partial charge is 0.497 e. The van der Waals surface area contributed by atoms with E-state index in [-0.39, 0.29) is 11.7 Å². The lowest BCUT2D eigenvalue weighted by molar-refractivity contribution is 0.0748. The van der Waals surface area contributed by atoms with E-state index >= 15 is 0 Å². The van der Waals surface area contributed by atoms with Gasteiger partial charge in [0.05, 0.1) is 24.1 Å². The number of hydrogen-bond donors (Lipinski definition) is 0. The third-order valence-electron chi connectivity index (χ3n) is 4.83. The van der Waals surface area contributed by atoms with E-state index in [9.17, 15) is 4.79 Å². The summed E-state index contributed by atoms with van der Waals surface area (Å²) in [5.41, 5.74) is 1.63. The van der Waals surface area contributed by atoms with Gasteiger partial charge in [-0.1, -0.05) is 12.1 Å². The van der Waals surface area contributed by atoms with Crippen molar-refractivity contribution in [3.05, 3.63) is 58.9 Å². The van der Waals surface area contributed by atoms with Crippen LogP contribution in [0.3, 0.4) is 0 Å². The molecule has 0 fully saturated rings. The minimum absolute atomic E-state index is 0.0636. The van der Waals surface area contributed by atoms with Crippen LogP contribution in [0.4, 0.5) is 0 Å². The van der Waals surface area contributed by atoms with Crippen molar-refractivity contribution in [1.82, 2.24) is 19.2 Å². The zero-order valence-corrected chi connectivity index (χ0v) is 16.8. The fourth-order valence-corrected chi connectivity index (χ4v) is 3.43. The van der Waals surface area contributed by atoms with Crippen molar-refractivity contribution in [1.29, 1.82) is 0 Å².